The number of hydrogen-bond acceptors (Lipinski definition) is 5. The fourth-order valence-corrected chi connectivity index (χ4v) is 3.26. The molecule has 2 aromatic heterocycles. The highest BCUT2D eigenvalue weighted by Gasteiger charge is 2.20. The minimum absolute atomic E-state index is 0.189. The molecule has 2 N–H and O–H groups in total. The van der Waals surface area contributed by atoms with Gasteiger partial charge in [0.1, 0.15) is 0 Å². The van der Waals surface area contributed by atoms with Crippen LogP contribution in [0.3, 0.4) is 0 Å². The van der Waals surface area contributed by atoms with Crippen molar-refractivity contribution < 1.29 is 4.79 Å². The molecule has 7 nitrogen and oxygen atoms in total. The van der Waals surface area contributed by atoms with E-state index in [-0.39, 0.29) is 5.91 Å². The standard InChI is InChI=1S/C18H20N6O/c1-12-16(18(25)21-11-14-7-4-9-19-14)22-23-24(12)15-8-2-5-13-6-3-10-20-17(13)15/h2-3,5-6,8,10,14,19H,4,7,9,11H2,1H3,(H,21,25). The van der Waals surface area contributed by atoms with Gasteiger partial charge in [0.05, 0.1) is 16.9 Å². The van der Waals surface area contributed by atoms with Crippen LogP contribution in [0.5, 0.6) is 0 Å². The van der Waals surface area contributed by atoms with Crippen LogP contribution in [0.4, 0.5) is 0 Å². The molecule has 25 heavy (non-hydrogen) atoms. The molecule has 0 bridgehead atoms. The van der Waals surface area contributed by atoms with Crippen molar-refractivity contribution >= 4 is 16.8 Å². The lowest BCUT2D eigenvalue weighted by Gasteiger charge is -2.11. The number of para-hydroxylation sites is 1. The molecule has 0 aliphatic carbocycles. The third-order valence-electron chi connectivity index (χ3n) is 4.62. The molecular weight excluding hydrogens is 316 g/mol. The van der Waals surface area contributed by atoms with Gasteiger partial charge < -0.3 is 10.6 Å². The number of fused-ring (bicyclic) bond motifs is 1. The van der Waals surface area contributed by atoms with E-state index in [0.29, 0.717) is 24.0 Å². The number of aromatic nitrogens is 4. The third-order valence-corrected chi connectivity index (χ3v) is 4.62. The SMILES string of the molecule is Cc1c(C(=O)NCC2CCCN2)nnn1-c1cccc2cccnc12. The number of carbonyl (C=O) groups excluding carboxylic acids is 1. The molecule has 1 amide bonds. The zero-order valence-electron chi connectivity index (χ0n) is 14.1. The monoisotopic (exact) mass is 336 g/mol. The van der Waals surface area contributed by atoms with Gasteiger partial charge >= 0.3 is 0 Å². The highest BCUT2D eigenvalue weighted by Crippen LogP contribution is 2.21. The van der Waals surface area contributed by atoms with Gasteiger partial charge in [0, 0.05) is 24.2 Å². The second-order valence-electron chi connectivity index (χ2n) is 6.29. The van der Waals surface area contributed by atoms with E-state index in [0.717, 1.165) is 36.0 Å². The summed E-state index contributed by atoms with van der Waals surface area (Å²) in [4.78, 5) is 16.9. The first-order chi connectivity index (χ1) is 12.2. The Hall–Kier alpha value is -2.80. The molecule has 0 radical (unpaired) electrons. The molecule has 1 atom stereocenters. The van der Waals surface area contributed by atoms with E-state index in [1.54, 1.807) is 10.9 Å². The average Bonchev–Trinajstić information content (AvgIpc) is 3.29. The molecule has 3 heterocycles. The second-order valence-corrected chi connectivity index (χ2v) is 6.29. The fourth-order valence-electron chi connectivity index (χ4n) is 3.26. The zero-order valence-corrected chi connectivity index (χ0v) is 14.1. The van der Waals surface area contributed by atoms with Gasteiger partial charge in [0.25, 0.3) is 5.91 Å². The Labute approximate surface area is 145 Å². The van der Waals surface area contributed by atoms with Gasteiger partial charge in [-0.1, -0.05) is 23.4 Å². The summed E-state index contributed by atoms with van der Waals surface area (Å²) in [5.74, 6) is -0.189. The predicted molar refractivity (Wildman–Crippen MR) is 94.8 cm³/mol. The van der Waals surface area contributed by atoms with Gasteiger partial charge in [-0.05, 0) is 38.4 Å². The molecule has 0 saturated carbocycles. The van der Waals surface area contributed by atoms with Crippen LogP contribution in [-0.2, 0) is 0 Å². The number of amides is 1. The lowest BCUT2D eigenvalue weighted by Crippen LogP contribution is -2.37. The highest BCUT2D eigenvalue weighted by atomic mass is 16.2. The summed E-state index contributed by atoms with van der Waals surface area (Å²) in [6, 6.07) is 10.1. The molecule has 3 aromatic rings. The molecule has 4 rings (SSSR count). The van der Waals surface area contributed by atoms with E-state index in [1.165, 1.54) is 0 Å². The largest absolute Gasteiger partial charge is 0.349 e. The van der Waals surface area contributed by atoms with E-state index in [2.05, 4.69) is 25.9 Å². The van der Waals surface area contributed by atoms with Crippen molar-refractivity contribution in [3.05, 3.63) is 47.9 Å². The number of hydrogen-bond donors (Lipinski definition) is 2. The summed E-state index contributed by atoms with van der Waals surface area (Å²) in [5, 5.41) is 15.6. The molecule has 128 valence electrons. The maximum absolute atomic E-state index is 12.5. The summed E-state index contributed by atoms with van der Waals surface area (Å²) < 4.78 is 1.68. The molecule has 1 aromatic carbocycles. The molecule has 1 saturated heterocycles. The number of nitrogens with zero attached hydrogens (tertiary/aromatic N) is 4. The maximum Gasteiger partial charge on any atom is 0.273 e. The Kier molecular flexibility index (Phi) is 4.15. The number of rotatable bonds is 4. The first-order valence-electron chi connectivity index (χ1n) is 8.52. The number of pyridine rings is 1. The molecule has 1 aliphatic rings. The maximum atomic E-state index is 12.5. The summed E-state index contributed by atoms with van der Waals surface area (Å²) in [5.41, 5.74) is 2.71. The third kappa shape index (κ3) is 2.98. The molecule has 1 fully saturated rings. The lowest BCUT2D eigenvalue weighted by atomic mass is 10.2. The van der Waals surface area contributed by atoms with E-state index in [4.69, 9.17) is 0 Å². The quantitative estimate of drug-likeness (QED) is 0.756. The topological polar surface area (TPSA) is 84.7 Å². The van der Waals surface area contributed by atoms with Crippen molar-refractivity contribution in [2.24, 2.45) is 0 Å². The first-order valence-corrected chi connectivity index (χ1v) is 8.52. The Morgan fingerprint density at radius 2 is 2.24 bits per heavy atom. The van der Waals surface area contributed by atoms with Crippen molar-refractivity contribution in [3.8, 4) is 5.69 Å². The van der Waals surface area contributed by atoms with Crippen molar-refractivity contribution in [1.82, 2.24) is 30.6 Å². The van der Waals surface area contributed by atoms with Crippen LogP contribution < -0.4 is 10.6 Å². The number of nitrogens with one attached hydrogen (secondary N) is 2. The summed E-state index contributed by atoms with van der Waals surface area (Å²) in [6.07, 6.45) is 4.00. The van der Waals surface area contributed by atoms with Crippen LogP contribution in [0.1, 0.15) is 29.0 Å². The van der Waals surface area contributed by atoms with Crippen molar-refractivity contribution in [1.29, 1.82) is 0 Å². The van der Waals surface area contributed by atoms with Gasteiger partial charge in [-0.25, -0.2) is 4.68 Å². The van der Waals surface area contributed by atoms with Crippen molar-refractivity contribution in [3.63, 3.8) is 0 Å². The average molecular weight is 336 g/mol. The predicted octanol–water partition coefficient (Wildman–Crippen LogP) is 1.61. The van der Waals surface area contributed by atoms with Gasteiger partial charge in [-0.2, -0.15) is 0 Å². The summed E-state index contributed by atoms with van der Waals surface area (Å²) >= 11 is 0. The van der Waals surface area contributed by atoms with E-state index >= 15 is 0 Å². The van der Waals surface area contributed by atoms with Crippen LogP contribution in [0, 0.1) is 6.92 Å². The Balaban J connectivity index is 1.61. The van der Waals surface area contributed by atoms with Crippen molar-refractivity contribution in [2.45, 2.75) is 25.8 Å². The number of carbonyl (C=O) groups is 1. The van der Waals surface area contributed by atoms with Gasteiger partial charge in [-0.3, -0.25) is 9.78 Å². The first kappa shape index (κ1) is 15.7. The molecule has 1 aliphatic heterocycles. The van der Waals surface area contributed by atoms with Crippen LogP contribution in [0.25, 0.3) is 16.6 Å². The fraction of sp³-hybridized carbons (Fsp3) is 0.333. The van der Waals surface area contributed by atoms with Crippen LogP contribution in [0.15, 0.2) is 36.5 Å². The van der Waals surface area contributed by atoms with Gasteiger partial charge in [0.2, 0.25) is 0 Å². The Morgan fingerprint density at radius 1 is 1.36 bits per heavy atom. The van der Waals surface area contributed by atoms with Gasteiger partial charge in [-0.15, -0.1) is 5.10 Å². The Morgan fingerprint density at radius 3 is 3.08 bits per heavy atom. The van der Waals surface area contributed by atoms with E-state index in [9.17, 15) is 4.79 Å². The Bertz CT molecular complexity index is 908. The highest BCUT2D eigenvalue weighted by molar-refractivity contribution is 5.93. The minimum atomic E-state index is -0.189. The van der Waals surface area contributed by atoms with Crippen LogP contribution >= 0.6 is 0 Å². The normalized spacial score (nSPS) is 17.1. The summed E-state index contributed by atoms with van der Waals surface area (Å²) in [6.45, 7) is 3.48. The van der Waals surface area contributed by atoms with E-state index < -0.39 is 0 Å². The smallest absolute Gasteiger partial charge is 0.273 e. The van der Waals surface area contributed by atoms with Crippen LogP contribution in [0.2, 0.25) is 0 Å². The zero-order chi connectivity index (χ0) is 17.2. The number of benzene rings is 1. The van der Waals surface area contributed by atoms with Crippen molar-refractivity contribution in [2.75, 3.05) is 13.1 Å². The van der Waals surface area contributed by atoms with Crippen LogP contribution in [-0.4, -0.2) is 45.0 Å². The summed E-state index contributed by atoms with van der Waals surface area (Å²) in [7, 11) is 0. The van der Waals surface area contributed by atoms with Gasteiger partial charge in [0.15, 0.2) is 5.69 Å². The van der Waals surface area contributed by atoms with E-state index in [1.807, 2.05) is 37.3 Å². The second kappa shape index (κ2) is 6.60. The minimum Gasteiger partial charge on any atom is -0.349 e. The molecule has 1 unspecified atom stereocenters. The molecular formula is C18H20N6O. The molecule has 7 heteroatoms. The molecule has 0 spiro atoms. The lowest BCUT2D eigenvalue weighted by molar-refractivity contribution is 0.0944.